The SMILES string of the molecule is [C-]#[N+]c1ccc(OCc2nccc(O[C@H]3CCN(C(=O)OC(C)(C)C)[C@@H](C)C3)n2)c(F)c1. The fourth-order valence-corrected chi connectivity index (χ4v) is 3.33. The summed E-state index contributed by atoms with van der Waals surface area (Å²) in [4.78, 5) is 25.7. The first kappa shape index (κ1) is 23.3. The minimum Gasteiger partial charge on any atom is -0.483 e. The molecule has 0 spiro atoms. The standard InChI is InChI=1S/C23H27FN4O4/c1-15-12-17(9-11-28(15)22(29)32-23(2,3)4)31-21-8-10-26-20(27-21)14-30-19-7-6-16(25-5)13-18(19)24/h6-8,10,13,15,17H,9,11-12,14H2,1-4H3/t15-,17-/m0/s1. The number of rotatable bonds is 5. The maximum atomic E-state index is 14.0. The molecule has 9 heteroatoms. The summed E-state index contributed by atoms with van der Waals surface area (Å²) in [6.07, 6.45) is 2.43. The third-order valence-corrected chi connectivity index (χ3v) is 4.82. The summed E-state index contributed by atoms with van der Waals surface area (Å²) in [5.41, 5.74) is -0.334. The van der Waals surface area contributed by atoms with Gasteiger partial charge in [-0.15, -0.1) is 0 Å². The van der Waals surface area contributed by atoms with E-state index in [2.05, 4.69) is 14.8 Å². The summed E-state index contributed by atoms with van der Waals surface area (Å²) in [7, 11) is 0. The molecule has 1 aromatic carbocycles. The molecule has 1 saturated heterocycles. The second-order valence-electron chi connectivity index (χ2n) is 8.61. The van der Waals surface area contributed by atoms with Crippen molar-refractivity contribution < 1.29 is 23.4 Å². The smallest absolute Gasteiger partial charge is 0.410 e. The molecule has 32 heavy (non-hydrogen) atoms. The predicted octanol–water partition coefficient (Wildman–Crippen LogP) is 4.91. The van der Waals surface area contributed by atoms with Crippen LogP contribution < -0.4 is 9.47 Å². The Kier molecular flexibility index (Phi) is 7.13. The molecule has 1 aliphatic heterocycles. The van der Waals surface area contributed by atoms with Gasteiger partial charge in [0.25, 0.3) is 0 Å². The zero-order valence-electron chi connectivity index (χ0n) is 18.7. The number of benzene rings is 1. The van der Waals surface area contributed by atoms with E-state index in [1.807, 2.05) is 27.7 Å². The first-order chi connectivity index (χ1) is 15.1. The first-order valence-electron chi connectivity index (χ1n) is 10.4. The highest BCUT2D eigenvalue weighted by Gasteiger charge is 2.32. The van der Waals surface area contributed by atoms with Crippen molar-refractivity contribution in [2.45, 2.75) is 64.9 Å². The van der Waals surface area contributed by atoms with Crippen LogP contribution in [0.5, 0.6) is 11.6 Å². The number of ether oxygens (including phenoxy) is 3. The van der Waals surface area contributed by atoms with Crippen LogP contribution in [-0.4, -0.2) is 45.3 Å². The molecule has 1 aliphatic rings. The number of likely N-dealkylation sites (tertiary alicyclic amines) is 1. The molecule has 2 atom stereocenters. The van der Waals surface area contributed by atoms with Gasteiger partial charge in [0.1, 0.15) is 18.3 Å². The van der Waals surface area contributed by atoms with Gasteiger partial charge in [0, 0.05) is 37.7 Å². The fraction of sp³-hybridized carbons (Fsp3) is 0.478. The quantitative estimate of drug-likeness (QED) is 0.612. The molecule has 1 amide bonds. The van der Waals surface area contributed by atoms with Gasteiger partial charge in [-0.2, -0.15) is 4.98 Å². The Hall–Kier alpha value is -3.41. The van der Waals surface area contributed by atoms with Crippen molar-refractivity contribution in [2.75, 3.05) is 6.54 Å². The summed E-state index contributed by atoms with van der Waals surface area (Å²) in [5, 5.41) is 0. The molecule has 170 valence electrons. The van der Waals surface area contributed by atoms with E-state index in [1.54, 1.807) is 17.2 Å². The first-order valence-corrected chi connectivity index (χ1v) is 10.4. The molecule has 3 rings (SSSR count). The average Bonchev–Trinajstić information content (AvgIpc) is 2.72. The Balaban J connectivity index is 1.55. The van der Waals surface area contributed by atoms with Crippen LogP contribution >= 0.6 is 0 Å². The van der Waals surface area contributed by atoms with Crippen LogP contribution in [0.1, 0.15) is 46.4 Å². The third-order valence-electron chi connectivity index (χ3n) is 4.82. The fourth-order valence-electron chi connectivity index (χ4n) is 3.33. The zero-order valence-corrected chi connectivity index (χ0v) is 18.7. The lowest BCUT2D eigenvalue weighted by molar-refractivity contribution is -0.00156. The minimum absolute atomic E-state index is 0.0238. The van der Waals surface area contributed by atoms with Crippen LogP contribution in [0.2, 0.25) is 0 Å². The van der Waals surface area contributed by atoms with Crippen molar-refractivity contribution in [1.82, 2.24) is 14.9 Å². The van der Waals surface area contributed by atoms with Crippen molar-refractivity contribution in [3.05, 3.63) is 53.5 Å². The molecule has 0 N–H and O–H groups in total. The van der Waals surface area contributed by atoms with Crippen molar-refractivity contribution in [3.8, 4) is 11.6 Å². The molecule has 0 saturated carbocycles. The van der Waals surface area contributed by atoms with Crippen LogP contribution in [0.15, 0.2) is 30.5 Å². The number of amides is 1. The second-order valence-corrected chi connectivity index (χ2v) is 8.61. The number of piperidine rings is 1. The van der Waals surface area contributed by atoms with Gasteiger partial charge in [0.05, 0.1) is 6.57 Å². The van der Waals surface area contributed by atoms with Crippen molar-refractivity contribution in [2.24, 2.45) is 0 Å². The maximum Gasteiger partial charge on any atom is 0.410 e. The molecule has 0 radical (unpaired) electrons. The van der Waals surface area contributed by atoms with Gasteiger partial charge in [-0.3, -0.25) is 0 Å². The molecule has 1 aromatic heterocycles. The van der Waals surface area contributed by atoms with Crippen molar-refractivity contribution in [1.29, 1.82) is 0 Å². The molecular formula is C23H27FN4O4. The number of carbonyl (C=O) groups excluding carboxylic acids is 1. The summed E-state index contributed by atoms with van der Waals surface area (Å²) in [5.74, 6) is 0.146. The minimum atomic E-state index is -0.614. The summed E-state index contributed by atoms with van der Waals surface area (Å²) < 4.78 is 30.9. The monoisotopic (exact) mass is 442 g/mol. The van der Waals surface area contributed by atoms with Crippen LogP contribution in [0.25, 0.3) is 4.85 Å². The lowest BCUT2D eigenvalue weighted by Gasteiger charge is -2.38. The van der Waals surface area contributed by atoms with E-state index < -0.39 is 11.4 Å². The molecule has 0 unspecified atom stereocenters. The van der Waals surface area contributed by atoms with E-state index in [9.17, 15) is 9.18 Å². The molecule has 0 bridgehead atoms. The highest BCUT2D eigenvalue weighted by Crippen LogP contribution is 2.25. The third kappa shape index (κ3) is 6.30. The molecule has 1 fully saturated rings. The van der Waals surface area contributed by atoms with Crippen LogP contribution in [0.4, 0.5) is 14.9 Å². The van der Waals surface area contributed by atoms with Gasteiger partial charge in [-0.1, -0.05) is 6.07 Å². The lowest BCUT2D eigenvalue weighted by atomic mass is 10.0. The van der Waals surface area contributed by atoms with Gasteiger partial charge in [0.15, 0.2) is 23.1 Å². The Bertz CT molecular complexity index is 1000. The van der Waals surface area contributed by atoms with E-state index in [1.165, 1.54) is 12.1 Å². The lowest BCUT2D eigenvalue weighted by Crippen LogP contribution is -2.49. The Morgan fingerprint density at radius 1 is 1.34 bits per heavy atom. The highest BCUT2D eigenvalue weighted by atomic mass is 19.1. The zero-order chi connectivity index (χ0) is 23.3. The summed E-state index contributed by atoms with van der Waals surface area (Å²) >= 11 is 0. The van der Waals surface area contributed by atoms with Gasteiger partial charge < -0.3 is 19.1 Å². The number of aromatic nitrogens is 2. The van der Waals surface area contributed by atoms with E-state index in [4.69, 9.17) is 20.8 Å². The number of halogens is 1. The van der Waals surface area contributed by atoms with Crippen LogP contribution in [-0.2, 0) is 11.3 Å². The Morgan fingerprint density at radius 2 is 2.12 bits per heavy atom. The normalized spacial score (nSPS) is 18.6. The summed E-state index contributed by atoms with van der Waals surface area (Å²) in [6.45, 7) is 14.9. The number of carbonyl (C=O) groups is 1. The molecule has 0 aliphatic carbocycles. The Morgan fingerprint density at radius 3 is 2.78 bits per heavy atom. The second kappa shape index (κ2) is 9.81. The Labute approximate surface area is 187 Å². The maximum absolute atomic E-state index is 14.0. The van der Waals surface area contributed by atoms with Gasteiger partial charge in [0.2, 0.25) is 5.88 Å². The molecule has 2 heterocycles. The average molecular weight is 442 g/mol. The highest BCUT2D eigenvalue weighted by molar-refractivity contribution is 5.68. The summed E-state index contributed by atoms with van der Waals surface area (Å²) in [6, 6.07) is 5.63. The van der Waals surface area contributed by atoms with E-state index in [0.717, 1.165) is 6.07 Å². The van der Waals surface area contributed by atoms with E-state index >= 15 is 0 Å². The number of hydrogen-bond acceptors (Lipinski definition) is 6. The van der Waals surface area contributed by atoms with Gasteiger partial charge >= 0.3 is 6.09 Å². The van der Waals surface area contributed by atoms with Gasteiger partial charge in [-0.05, 0) is 39.8 Å². The predicted molar refractivity (Wildman–Crippen MR) is 115 cm³/mol. The molecule has 2 aromatic rings. The van der Waals surface area contributed by atoms with E-state index in [-0.39, 0.29) is 36.3 Å². The largest absolute Gasteiger partial charge is 0.483 e. The number of hydrogen-bond donors (Lipinski definition) is 0. The van der Waals surface area contributed by atoms with E-state index in [0.29, 0.717) is 31.1 Å². The molecular weight excluding hydrogens is 415 g/mol. The number of nitrogens with zero attached hydrogens (tertiary/aromatic N) is 4. The van der Waals surface area contributed by atoms with Crippen LogP contribution in [0.3, 0.4) is 0 Å². The molecule has 8 nitrogen and oxygen atoms in total. The topological polar surface area (TPSA) is 78.1 Å². The van der Waals surface area contributed by atoms with Gasteiger partial charge in [-0.25, -0.2) is 19.0 Å². The van der Waals surface area contributed by atoms with Crippen molar-refractivity contribution >= 4 is 11.8 Å². The van der Waals surface area contributed by atoms with Crippen molar-refractivity contribution in [3.63, 3.8) is 0 Å². The van der Waals surface area contributed by atoms with Crippen LogP contribution in [0, 0.1) is 12.4 Å².